The second kappa shape index (κ2) is 8.34. The Labute approximate surface area is 145 Å². The van der Waals surface area contributed by atoms with Gasteiger partial charge >= 0.3 is 0 Å². The van der Waals surface area contributed by atoms with Gasteiger partial charge in [0.05, 0.1) is 16.2 Å². The molecule has 3 nitrogen and oxygen atoms in total. The average molecular weight is 357 g/mol. The zero-order valence-electron chi connectivity index (χ0n) is 12.3. The first-order valence-corrected chi connectivity index (χ1v) is 7.78. The van der Waals surface area contributed by atoms with Gasteiger partial charge in [0.2, 0.25) is 0 Å². The molecular weight excluding hydrogens is 339 g/mol. The summed E-state index contributed by atoms with van der Waals surface area (Å²) in [6.07, 6.45) is 1.71. The number of aryl methyl sites for hydroxylation is 1. The third-order valence-corrected chi connectivity index (χ3v) is 4.15. The Morgan fingerprint density at radius 1 is 1.32 bits per heavy atom. The van der Waals surface area contributed by atoms with Crippen LogP contribution in [0.2, 0.25) is 4.34 Å². The number of halogens is 2. The molecule has 0 spiro atoms. The average Bonchev–Trinajstić information content (AvgIpc) is 2.81. The highest BCUT2D eigenvalue weighted by atomic mass is 35.5. The number of thiophene rings is 1. The van der Waals surface area contributed by atoms with Crippen LogP contribution in [0.3, 0.4) is 0 Å². The van der Waals surface area contributed by atoms with Crippen LogP contribution >= 0.6 is 35.3 Å². The maximum absolute atomic E-state index is 7.57. The maximum Gasteiger partial charge on any atom is 0.125 e. The van der Waals surface area contributed by atoms with E-state index in [1.54, 1.807) is 13.1 Å². The van der Waals surface area contributed by atoms with Crippen molar-refractivity contribution >= 4 is 51.2 Å². The number of rotatable bonds is 1. The van der Waals surface area contributed by atoms with Gasteiger partial charge in [-0.2, -0.15) is 0 Å². The summed E-state index contributed by atoms with van der Waals surface area (Å²) in [5, 5.41) is 8.60. The van der Waals surface area contributed by atoms with Crippen LogP contribution in [0.1, 0.15) is 12.5 Å². The van der Waals surface area contributed by atoms with Crippen molar-refractivity contribution in [2.45, 2.75) is 13.8 Å². The maximum atomic E-state index is 7.57. The first kappa shape index (κ1) is 18.7. The fourth-order valence-electron chi connectivity index (χ4n) is 2.13. The zero-order valence-corrected chi connectivity index (χ0v) is 14.7. The molecule has 0 atom stereocenters. The predicted octanol–water partition coefficient (Wildman–Crippen LogP) is 4.93. The molecule has 3 aromatic rings. The van der Waals surface area contributed by atoms with Crippen LogP contribution in [-0.4, -0.2) is 16.7 Å². The molecule has 0 unspecified atom stereocenters. The first-order valence-electron chi connectivity index (χ1n) is 6.58. The number of anilines is 1. The van der Waals surface area contributed by atoms with Crippen molar-refractivity contribution in [3.05, 3.63) is 46.4 Å². The Morgan fingerprint density at radius 2 is 1.95 bits per heavy atom. The summed E-state index contributed by atoms with van der Waals surface area (Å²) >= 11 is 7.55. The van der Waals surface area contributed by atoms with Crippen molar-refractivity contribution in [2.75, 3.05) is 12.3 Å². The third kappa shape index (κ3) is 3.90. The number of hydrogen-bond acceptors (Lipinski definition) is 4. The number of nitrogen functional groups attached to an aromatic ring is 1. The summed E-state index contributed by atoms with van der Waals surface area (Å²) in [6.45, 7) is 4.01. The molecule has 2 heterocycles. The minimum Gasteiger partial charge on any atom is -0.397 e. The van der Waals surface area contributed by atoms with Crippen molar-refractivity contribution in [3.63, 3.8) is 0 Å². The summed E-state index contributed by atoms with van der Waals surface area (Å²) in [6, 6.07) is 10.1. The Balaban J connectivity index is 0.000000562. The van der Waals surface area contributed by atoms with Gasteiger partial charge in [-0.05, 0) is 31.0 Å². The molecule has 0 amide bonds. The van der Waals surface area contributed by atoms with E-state index in [4.69, 9.17) is 22.4 Å². The predicted molar refractivity (Wildman–Crippen MR) is 99.2 cm³/mol. The van der Waals surface area contributed by atoms with Crippen LogP contribution in [0.15, 0.2) is 36.5 Å². The fraction of sp³-hybridized carbons (Fsp3) is 0.188. The Morgan fingerprint density at radius 3 is 2.59 bits per heavy atom. The van der Waals surface area contributed by atoms with E-state index in [9.17, 15) is 0 Å². The van der Waals surface area contributed by atoms with Gasteiger partial charge in [-0.1, -0.05) is 35.9 Å². The van der Waals surface area contributed by atoms with Crippen LogP contribution in [-0.2, 0) is 0 Å². The quantitative estimate of drug-likeness (QED) is 0.649. The van der Waals surface area contributed by atoms with Crippen LogP contribution in [0.25, 0.3) is 21.3 Å². The number of aromatic nitrogens is 1. The molecule has 0 bridgehead atoms. The summed E-state index contributed by atoms with van der Waals surface area (Å²) in [5.41, 5.74) is 10.1. The summed E-state index contributed by atoms with van der Waals surface area (Å²) in [4.78, 5) is 5.25. The van der Waals surface area contributed by atoms with Gasteiger partial charge in [0.25, 0.3) is 0 Å². The van der Waals surface area contributed by atoms with Gasteiger partial charge < -0.3 is 10.8 Å². The monoisotopic (exact) mass is 356 g/mol. The molecule has 1 aromatic carbocycles. The molecule has 0 saturated heterocycles. The molecule has 3 N–H and O–H groups in total. The number of aliphatic hydroxyl groups excluding tert-OH is 1. The summed E-state index contributed by atoms with van der Waals surface area (Å²) in [5.74, 6) is 0. The number of pyridine rings is 1. The molecule has 118 valence electrons. The van der Waals surface area contributed by atoms with E-state index in [0.717, 1.165) is 25.7 Å². The molecule has 0 aliphatic heterocycles. The minimum atomic E-state index is 0. The Bertz CT molecular complexity index is 759. The largest absolute Gasteiger partial charge is 0.397 e. The number of benzene rings is 1. The van der Waals surface area contributed by atoms with Crippen LogP contribution in [0.5, 0.6) is 0 Å². The lowest BCUT2D eigenvalue weighted by Gasteiger charge is -2.09. The fourth-order valence-corrected chi connectivity index (χ4v) is 3.20. The molecule has 0 radical (unpaired) electrons. The molecule has 3 rings (SSSR count). The van der Waals surface area contributed by atoms with Crippen molar-refractivity contribution in [3.8, 4) is 11.1 Å². The van der Waals surface area contributed by atoms with Crippen LogP contribution in [0.4, 0.5) is 5.69 Å². The SMILES string of the molecule is CCO.Cc1ccccc1-c1c(N)cnc2sc(Cl)cc12.Cl. The molecule has 0 saturated carbocycles. The Hall–Kier alpha value is -1.33. The smallest absolute Gasteiger partial charge is 0.125 e. The molecule has 6 heteroatoms. The van der Waals surface area contributed by atoms with Gasteiger partial charge in [-0.25, -0.2) is 4.98 Å². The lowest BCUT2D eigenvalue weighted by molar-refractivity contribution is 0.318. The lowest BCUT2D eigenvalue weighted by atomic mass is 9.98. The molecule has 0 fully saturated rings. The Kier molecular flexibility index (Phi) is 7.10. The molecule has 22 heavy (non-hydrogen) atoms. The third-order valence-electron chi connectivity index (χ3n) is 2.98. The molecule has 0 aliphatic carbocycles. The van der Waals surface area contributed by atoms with Crippen LogP contribution in [0, 0.1) is 6.92 Å². The highest BCUT2D eigenvalue weighted by Crippen LogP contribution is 2.39. The van der Waals surface area contributed by atoms with E-state index >= 15 is 0 Å². The van der Waals surface area contributed by atoms with Gasteiger partial charge in [-0.3, -0.25) is 0 Å². The second-order valence-electron chi connectivity index (χ2n) is 4.49. The van der Waals surface area contributed by atoms with Gasteiger partial charge in [-0.15, -0.1) is 23.7 Å². The van der Waals surface area contributed by atoms with Crippen molar-refractivity contribution in [1.29, 1.82) is 0 Å². The van der Waals surface area contributed by atoms with E-state index in [1.165, 1.54) is 16.9 Å². The standard InChI is InChI=1S/C14H11ClN2S.C2H6O.ClH/c1-8-4-2-3-5-9(8)13-10-6-12(15)18-14(10)17-7-11(13)16;1-2-3;/h2-7H,16H2,1H3;3H,2H2,1H3;1H. The number of hydrogen-bond donors (Lipinski definition) is 2. The molecular formula is C16H18Cl2N2OS. The van der Waals surface area contributed by atoms with E-state index in [0.29, 0.717) is 5.69 Å². The van der Waals surface area contributed by atoms with E-state index in [-0.39, 0.29) is 19.0 Å². The summed E-state index contributed by atoms with van der Waals surface area (Å²) in [7, 11) is 0. The highest BCUT2D eigenvalue weighted by molar-refractivity contribution is 7.22. The van der Waals surface area contributed by atoms with Gasteiger partial charge in [0, 0.05) is 17.6 Å². The number of fused-ring (bicyclic) bond motifs is 1. The first-order chi connectivity index (χ1) is 10.1. The van der Waals surface area contributed by atoms with Gasteiger partial charge in [0.15, 0.2) is 0 Å². The molecule has 2 aromatic heterocycles. The normalized spacial score (nSPS) is 9.82. The zero-order chi connectivity index (χ0) is 15.4. The van der Waals surface area contributed by atoms with Crippen molar-refractivity contribution < 1.29 is 5.11 Å². The van der Waals surface area contributed by atoms with E-state index in [1.807, 2.05) is 18.2 Å². The van der Waals surface area contributed by atoms with E-state index < -0.39 is 0 Å². The molecule has 0 aliphatic rings. The topological polar surface area (TPSA) is 59.1 Å². The number of nitrogens with two attached hydrogens (primary N) is 1. The lowest BCUT2D eigenvalue weighted by Crippen LogP contribution is -1.93. The van der Waals surface area contributed by atoms with E-state index in [2.05, 4.69) is 24.0 Å². The van der Waals surface area contributed by atoms with Crippen LogP contribution < -0.4 is 5.73 Å². The number of nitrogens with zero attached hydrogens (tertiary/aromatic N) is 1. The second-order valence-corrected chi connectivity index (χ2v) is 6.15. The minimum absolute atomic E-state index is 0. The summed E-state index contributed by atoms with van der Waals surface area (Å²) < 4.78 is 0.734. The highest BCUT2D eigenvalue weighted by Gasteiger charge is 2.13. The number of aliphatic hydroxyl groups is 1. The van der Waals surface area contributed by atoms with Crippen molar-refractivity contribution in [1.82, 2.24) is 4.98 Å². The van der Waals surface area contributed by atoms with Gasteiger partial charge in [0.1, 0.15) is 4.83 Å². The van der Waals surface area contributed by atoms with Crippen molar-refractivity contribution in [2.24, 2.45) is 0 Å².